The van der Waals surface area contributed by atoms with Crippen LogP contribution in [0.25, 0.3) is 0 Å². The van der Waals surface area contributed by atoms with Gasteiger partial charge in [-0.15, -0.1) is 0 Å². The smallest absolute Gasteiger partial charge is 0.338 e. The highest BCUT2D eigenvalue weighted by Gasteiger charge is 2.14. The molecule has 17 heavy (non-hydrogen) atoms. The van der Waals surface area contributed by atoms with Crippen LogP contribution >= 0.6 is 27.5 Å². The summed E-state index contributed by atoms with van der Waals surface area (Å²) in [4.78, 5) is 11.5. The molecule has 0 spiro atoms. The summed E-state index contributed by atoms with van der Waals surface area (Å²) in [6.45, 7) is 2.02. The molecule has 0 unspecified atom stereocenters. The molecule has 0 atom stereocenters. The van der Waals surface area contributed by atoms with Gasteiger partial charge < -0.3 is 4.74 Å². The molecule has 90 valence electrons. The van der Waals surface area contributed by atoms with E-state index in [-0.39, 0.29) is 0 Å². The van der Waals surface area contributed by atoms with E-state index in [0.717, 1.165) is 5.56 Å². The summed E-state index contributed by atoms with van der Waals surface area (Å²) in [5.41, 5.74) is 1.48. The van der Waals surface area contributed by atoms with Crippen molar-refractivity contribution in [2.24, 2.45) is 0 Å². The van der Waals surface area contributed by atoms with Crippen LogP contribution in [-0.4, -0.2) is 17.9 Å². The van der Waals surface area contributed by atoms with Gasteiger partial charge in [0.1, 0.15) is 0 Å². The second-order valence-corrected chi connectivity index (χ2v) is 4.46. The fourth-order valence-electron chi connectivity index (χ4n) is 1.42. The van der Waals surface area contributed by atoms with E-state index >= 15 is 0 Å². The largest absolute Gasteiger partial charge is 0.462 e. The van der Waals surface area contributed by atoms with Crippen LogP contribution < -0.4 is 0 Å². The minimum atomic E-state index is -0.462. The Morgan fingerprint density at radius 2 is 2.29 bits per heavy atom. The molecule has 0 bridgehead atoms. The molecule has 5 heteroatoms. The molecular weight excluding hydrogens is 305 g/mol. The molecule has 0 fully saturated rings. The van der Waals surface area contributed by atoms with Crippen LogP contribution in [0.5, 0.6) is 0 Å². The fraction of sp³-hybridized carbons (Fsp3) is 0.333. The minimum absolute atomic E-state index is 0.293. The van der Waals surface area contributed by atoms with Gasteiger partial charge in [0.15, 0.2) is 0 Å². The van der Waals surface area contributed by atoms with E-state index in [9.17, 15) is 4.79 Å². The number of ether oxygens (including phenoxy) is 1. The van der Waals surface area contributed by atoms with Crippen molar-refractivity contribution in [1.82, 2.24) is 0 Å². The first kappa shape index (κ1) is 14.0. The standard InChI is InChI=1S/C12H11BrClNO2/c1-2-17-12(16)8-5-9(7-15)10(3-4-13)11(14)6-8/h5-6H,2-4H2,1H3. The van der Waals surface area contributed by atoms with Crippen molar-refractivity contribution in [3.63, 3.8) is 0 Å². The van der Waals surface area contributed by atoms with Gasteiger partial charge in [-0.05, 0) is 31.0 Å². The summed E-state index contributed by atoms with van der Waals surface area (Å²) in [6.07, 6.45) is 0.644. The molecule has 1 aromatic carbocycles. The van der Waals surface area contributed by atoms with Crippen LogP contribution in [0.4, 0.5) is 0 Å². The third-order valence-corrected chi connectivity index (χ3v) is 2.91. The Kier molecular flexibility index (Phi) is 5.46. The minimum Gasteiger partial charge on any atom is -0.462 e. The number of benzene rings is 1. The average Bonchev–Trinajstić information content (AvgIpc) is 2.31. The number of carbonyl (C=O) groups is 1. The lowest BCUT2D eigenvalue weighted by Crippen LogP contribution is -2.06. The van der Waals surface area contributed by atoms with Crippen LogP contribution in [0.1, 0.15) is 28.4 Å². The number of alkyl halides is 1. The van der Waals surface area contributed by atoms with Crippen molar-refractivity contribution >= 4 is 33.5 Å². The monoisotopic (exact) mass is 315 g/mol. The number of carbonyl (C=O) groups excluding carboxylic acids is 1. The first-order chi connectivity index (χ1) is 8.13. The van der Waals surface area contributed by atoms with E-state index in [1.54, 1.807) is 13.0 Å². The normalized spacial score (nSPS) is 9.76. The Hall–Kier alpha value is -1.05. The molecule has 1 rings (SSSR count). The Bertz CT molecular complexity index is 468. The molecule has 0 aromatic heterocycles. The molecule has 0 amide bonds. The van der Waals surface area contributed by atoms with Crippen molar-refractivity contribution in [3.8, 4) is 6.07 Å². The highest BCUT2D eigenvalue weighted by molar-refractivity contribution is 9.09. The van der Waals surface area contributed by atoms with Crippen LogP contribution in [0.2, 0.25) is 5.02 Å². The zero-order chi connectivity index (χ0) is 12.8. The predicted molar refractivity (Wildman–Crippen MR) is 69.6 cm³/mol. The summed E-state index contributed by atoms with van der Waals surface area (Å²) in [6, 6.07) is 5.10. The number of rotatable bonds is 4. The lowest BCUT2D eigenvalue weighted by Gasteiger charge is -2.08. The number of nitriles is 1. The van der Waals surface area contributed by atoms with Gasteiger partial charge in [-0.25, -0.2) is 4.79 Å². The van der Waals surface area contributed by atoms with Crippen molar-refractivity contribution in [2.45, 2.75) is 13.3 Å². The Morgan fingerprint density at radius 3 is 2.82 bits per heavy atom. The maximum Gasteiger partial charge on any atom is 0.338 e. The predicted octanol–water partition coefficient (Wildman–Crippen LogP) is 3.33. The summed E-state index contributed by atoms with van der Waals surface area (Å²) < 4.78 is 4.87. The second-order valence-electron chi connectivity index (χ2n) is 3.26. The van der Waals surface area contributed by atoms with Crippen LogP contribution in [-0.2, 0) is 11.2 Å². The second kappa shape index (κ2) is 6.63. The van der Waals surface area contributed by atoms with Gasteiger partial charge in [-0.2, -0.15) is 5.26 Å². The van der Waals surface area contributed by atoms with E-state index in [4.69, 9.17) is 21.6 Å². The number of hydrogen-bond acceptors (Lipinski definition) is 3. The molecule has 0 aliphatic heterocycles. The van der Waals surface area contributed by atoms with Gasteiger partial charge in [0.25, 0.3) is 0 Å². The van der Waals surface area contributed by atoms with E-state index in [2.05, 4.69) is 15.9 Å². The summed E-state index contributed by atoms with van der Waals surface area (Å²) in [5, 5.41) is 10.2. The highest BCUT2D eigenvalue weighted by atomic mass is 79.9. The van der Waals surface area contributed by atoms with Crippen LogP contribution in [0.3, 0.4) is 0 Å². The van der Waals surface area contributed by atoms with E-state index < -0.39 is 5.97 Å². The van der Waals surface area contributed by atoms with Crippen molar-refractivity contribution in [2.75, 3.05) is 11.9 Å². The van der Waals surface area contributed by atoms with Gasteiger partial charge in [-0.1, -0.05) is 27.5 Å². The van der Waals surface area contributed by atoms with Crippen LogP contribution in [0, 0.1) is 11.3 Å². The topological polar surface area (TPSA) is 50.1 Å². The lowest BCUT2D eigenvalue weighted by atomic mass is 10.0. The molecular formula is C12H11BrClNO2. The average molecular weight is 317 g/mol. The zero-order valence-corrected chi connectivity index (χ0v) is 11.6. The Morgan fingerprint density at radius 1 is 1.59 bits per heavy atom. The van der Waals surface area contributed by atoms with E-state index in [0.29, 0.717) is 34.5 Å². The first-order valence-electron chi connectivity index (χ1n) is 5.09. The van der Waals surface area contributed by atoms with Crippen molar-refractivity contribution in [3.05, 3.63) is 33.8 Å². The quantitative estimate of drug-likeness (QED) is 0.632. The van der Waals surface area contributed by atoms with Gasteiger partial charge in [0.2, 0.25) is 0 Å². The third kappa shape index (κ3) is 3.45. The molecule has 0 saturated heterocycles. The maximum atomic E-state index is 11.5. The molecule has 0 N–H and O–H groups in total. The molecule has 0 aliphatic rings. The number of nitrogens with zero attached hydrogens (tertiary/aromatic N) is 1. The summed E-state index contributed by atoms with van der Waals surface area (Å²) in [5.74, 6) is -0.462. The SMILES string of the molecule is CCOC(=O)c1cc(Cl)c(CCBr)c(C#N)c1. The van der Waals surface area contributed by atoms with Gasteiger partial charge in [0.05, 0.1) is 23.8 Å². The molecule has 0 heterocycles. The van der Waals surface area contributed by atoms with Crippen molar-refractivity contribution < 1.29 is 9.53 Å². The Labute approximate surface area is 113 Å². The maximum absolute atomic E-state index is 11.5. The molecule has 0 radical (unpaired) electrons. The Balaban J connectivity index is 3.18. The first-order valence-corrected chi connectivity index (χ1v) is 6.59. The number of hydrogen-bond donors (Lipinski definition) is 0. The fourth-order valence-corrected chi connectivity index (χ4v) is 2.13. The highest BCUT2D eigenvalue weighted by Crippen LogP contribution is 2.24. The van der Waals surface area contributed by atoms with Crippen LogP contribution in [0.15, 0.2) is 12.1 Å². The van der Waals surface area contributed by atoms with Gasteiger partial charge in [-0.3, -0.25) is 0 Å². The third-order valence-electron chi connectivity index (χ3n) is 2.17. The van der Waals surface area contributed by atoms with E-state index in [1.807, 2.05) is 6.07 Å². The number of esters is 1. The lowest BCUT2D eigenvalue weighted by molar-refractivity contribution is 0.0526. The molecule has 3 nitrogen and oxygen atoms in total. The van der Waals surface area contributed by atoms with Gasteiger partial charge >= 0.3 is 5.97 Å². The summed E-state index contributed by atoms with van der Waals surface area (Å²) >= 11 is 9.35. The molecule has 0 aliphatic carbocycles. The van der Waals surface area contributed by atoms with Gasteiger partial charge in [0, 0.05) is 10.4 Å². The molecule has 0 saturated carbocycles. The molecule has 1 aromatic rings. The van der Waals surface area contributed by atoms with Crippen molar-refractivity contribution in [1.29, 1.82) is 5.26 Å². The van der Waals surface area contributed by atoms with E-state index in [1.165, 1.54) is 6.07 Å². The zero-order valence-electron chi connectivity index (χ0n) is 9.30. The summed E-state index contributed by atoms with van der Waals surface area (Å²) in [7, 11) is 0. The number of halogens is 2.